The lowest BCUT2D eigenvalue weighted by Gasteiger charge is -2.22. The van der Waals surface area contributed by atoms with Gasteiger partial charge in [-0.1, -0.05) is 20.3 Å². The molecule has 0 bridgehead atoms. The van der Waals surface area contributed by atoms with Gasteiger partial charge in [0.25, 0.3) is 0 Å². The van der Waals surface area contributed by atoms with Gasteiger partial charge in [-0.25, -0.2) is 13.1 Å². The number of nitrogens with two attached hydrogens (primary N) is 1. The Morgan fingerprint density at radius 1 is 1.29 bits per heavy atom. The third-order valence-corrected chi connectivity index (χ3v) is 6.61. The number of aryl methyl sites for hydroxylation is 1. The lowest BCUT2D eigenvalue weighted by molar-refractivity contribution is 0.368. The Labute approximate surface area is 128 Å². The van der Waals surface area contributed by atoms with Crippen LogP contribution in [0.2, 0.25) is 0 Å². The van der Waals surface area contributed by atoms with Gasteiger partial charge in [-0.15, -0.1) is 0 Å². The molecule has 2 rings (SSSR count). The topological polar surface area (TPSA) is 72.2 Å². The molecule has 1 aromatic rings. The van der Waals surface area contributed by atoms with Gasteiger partial charge in [0.05, 0.1) is 4.90 Å². The molecule has 1 aliphatic rings. The van der Waals surface area contributed by atoms with E-state index in [1.165, 1.54) is 0 Å². The highest BCUT2D eigenvalue weighted by molar-refractivity contribution is 7.89. The summed E-state index contributed by atoms with van der Waals surface area (Å²) in [6.07, 6.45) is 3.12. The minimum atomic E-state index is -3.51. The molecule has 5 heteroatoms. The van der Waals surface area contributed by atoms with Crippen LogP contribution in [-0.4, -0.2) is 14.5 Å². The number of benzene rings is 1. The van der Waals surface area contributed by atoms with Gasteiger partial charge in [0.15, 0.2) is 0 Å². The number of rotatable bonds is 4. The molecule has 21 heavy (non-hydrogen) atoms. The molecule has 1 saturated carbocycles. The predicted molar refractivity (Wildman–Crippen MR) is 86.6 cm³/mol. The van der Waals surface area contributed by atoms with Crippen LogP contribution in [0.5, 0.6) is 0 Å². The second-order valence-corrected chi connectivity index (χ2v) is 7.98. The molecule has 3 atom stereocenters. The molecule has 1 aromatic carbocycles. The van der Waals surface area contributed by atoms with Crippen LogP contribution in [0.3, 0.4) is 0 Å². The minimum absolute atomic E-state index is 0.0288. The Balaban J connectivity index is 2.28. The van der Waals surface area contributed by atoms with E-state index in [2.05, 4.69) is 18.6 Å². The summed E-state index contributed by atoms with van der Waals surface area (Å²) in [6, 6.07) is 3.39. The van der Waals surface area contributed by atoms with Crippen molar-refractivity contribution < 1.29 is 8.42 Å². The van der Waals surface area contributed by atoms with Gasteiger partial charge in [-0.2, -0.15) is 0 Å². The fourth-order valence-electron chi connectivity index (χ4n) is 3.39. The summed E-state index contributed by atoms with van der Waals surface area (Å²) in [5.74, 6) is 0.994. The van der Waals surface area contributed by atoms with Crippen LogP contribution in [0, 0.1) is 25.7 Å². The number of anilines is 1. The maximum Gasteiger partial charge on any atom is 0.241 e. The number of nitrogen functional groups attached to an aromatic ring is 1. The second-order valence-electron chi connectivity index (χ2n) is 6.29. The Hall–Kier alpha value is -1.07. The molecule has 0 spiro atoms. The summed E-state index contributed by atoms with van der Waals surface area (Å²) in [5, 5.41) is 0. The maximum absolute atomic E-state index is 12.7. The molecule has 1 aliphatic carbocycles. The van der Waals surface area contributed by atoms with Crippen LogP contribution in [0.4, 0.5) is 5.69 Å². The van der Waals surface area contributed by atoms with E-state index in [4.69, 9.17) is 5.73 Å². The molecule has 1 fully saturated rings. The summed E-state index contributed by atoms with van der Waals surface area (Å²) >= 11 is 0. The molecule has 3 unspecified atom stereocenters. The van der Waals surface area contributed by atoms with Gasteiger partial charge in [0, 0.05) is 11.7 Å². The number of hydrogen-bond donors (Lipinski definition) is 2. The summed E-state index contributed by atoms with van der Waals surface area (Å²) < 4.78 is 28.3. The molecule has 0 heterocycles. The zero-order chi connectivity index (χ0) is 15.8. The third-order valence-electron chi connectivity index (χ3n) is 4.99. The van der Waals surface area contributed by atoms with E-state index in [0.29, 0.717) is 22.4 Å². The van der Waals surface area contributed by atoms with Gasteiger partial charge < -0.3 is 5.73 Å². The lowest BCUT2D eigenvalue weighted by atomic mass is 9.94. The highest BCUT2D eigenvalue weighted by Crippen LogP contribution is 2.35. The maximum atomic E-state index is 12.7. The van der Waals surface area contributed by atoms with E-state index in [-0.39, 0.29) is 6.04 Å². The first-order valence-electron chi connectivity index (χ1n) is 7.65. The lowest BCUT2D eigenvalue weighted by Crippen LogP contribution is -2.37. The average Bonchev–Trinajstić information content (AvgIpc) is 2.74. The molecule has 0 aromatic heterocycles. The van der Waals surface area contributed by atoms with Crippen molar-refractivity contribution in [1.29, 1.82) is 0 Å². The average molecular weight is 310 g/mol. The van der Waals surface area contributed by atoms with Crippen molar-refractivity contribution in [2.24, 2.45) is 11.8 Å². The fraction of sp³-hybridized carbons (Fsp3) is 0.625. The minimum Gasteiger partial charge on any atom is -0.399 e. The normalized spacial score (nSPS) is 26.2. The highest BCUT2D eigenvalue weighted by Gasteiger charge is 2.34. The quantitative estimate of drug-likeness (QED) is 0.840. The smallest absolute Gasteiger partial charge is 0.241 e. The van der Waals surface area contributed by atoms with Crippen molar-refractivity contribution in [1.82, 2.24) is 4.72 Å². The van der Waals surface area contributed by atoms with Crippen molar-refractivity contribution >= 4 is 15.7 Å². The zero-order valence-electron chi connectivity index (χ0n) is 13.3. The Morgan fingerprint density at radius 2 is 1.95 bits per heavy atom. The molecular weight excluding hydrogens is 284 g/mol. The van der Waals surface area contributed by atoms with Gasteiger partial charge in [0.2, 0.25) is 10.0 Å². The first-order chi connectivity index (χ1) is 9.76. The standard InChI is InChI=1S/C16H26N2O2S/c1-5-13-6-7-15(12(13)4)18-21(19,20)16-9-14(17)8-10(2)11(16)3/h8-9,12-13,15,18H,5-7,17H2,1-4H3. The van der Waals surface area contributed by atoms with Crippen LogP contribution in [-0.2, 0) is 10.0 Å². The summed E-state index contributed by atoms with van der Waals surface area (Å²) in [6.45, 7) is 8.03. The van der Waals surface area contributed by atoms with E-state index >= 15 is 0 Å². The fourth-order valence-corrected chi connectivity index (χ4v) is 5.10. The van der Waals surface area contributed by atoms with E-state index in [1.54, 1.807) is 12.1 Å². The molecule has 4 nitrogen and oxygen atoms in total. The molecule has 118 valence electrons. The van der Waals surface area contributed by atoms with Crippen LogP contribution in [0.25, 0.3) is 0 Å². The van der Waals surface area contributed by atoms with Gasteiger partial charge in [-0.05, 0) is 61.8 Å². The Kier molecular flexibility index (Phi) is 4.63. The monoisotopic (exact) mass is 310 g/mol. The Bertz CT molecular complexity index is 625. The van der Waals surface area contributed by atoms with E-state index in [0.717, 1.165) is 30.4 Å². The molecule has 0 radical (unpaired) electrons. The Morgan fingerprint density at radius 3 is 2.52 bits per heavy atom. The number of nitrogens with one attached hydrogen (secondary N) is 1. The van der Waals surface area contributed by atoms with Crippen molar-refractivity contribution in [2.45, 2.75) is 57.9 Å². The highest BCUT2D eigenvalue weighted by atomic mass is 32.2. The molecule has 0 amide bonds. The molecule has 3 N–H and O–H groups in total. The molecule has 0 aliphatic heterocycles. The molecule has 0 saturated heterocycles. The van der Waals surface area contributed by atoms with Crippen LogP contribution < -0.4 is 10.5 Å². The molecular formula is C16H26N2O2S. The van der Waals surface area contributed by atoms with E-state index in [1.807, 2.05) is 13.8 Å². The van der Waals surface area contributed by atoms with Gasteiger partial charge in [-0.3, -0.25) is 0 Å². The largest absolute Gasteiger partial charge is 0.399 e. The van der Waals surface area contributed by atoms with Crippen LogP contribution in [0.15, 0.2) is 17.0 Å². The summed E-state index contributed by atoms with van der Waals surface area (Å²) in [4.78, 5) is 0.312. The third kappa shape index (κ3) is 3.24. The van der Waals surface area contributed by atoms with Crippen LogP contribution in [0.1, 0.15) is 44.2 Å². The first-order valence-corrected chi connectivity index (χ1v) is 9.13. The number of hydrogen-bond acceptors (Lipinski definition) is 3. The SMILES string of the molecule is CCC1CCC(NS(=O)(=O)c2cc(N)cc(C)c2C)C1C. The van der Waals surface area contributed by atoms with Crippen molar-refractivity contribution in [3.63, 3.8) is 0 Å². The van der Waals surface area contributed by atoms with Gasteiger partial charge in [0.1, 0.15) is 0 Å². The first kappa shape index (κ1) is 16.3. The second kappa shape index (κ2) is 5.97. The van der Waals surface area contributed by atoms with Crippen LogP contribution >= 0.6 is 0 Å². The van der Waals surface area contributed by atoms with Gasteiger partial charge >= 0.3 is 0 Å². The predicted octanol–water partition coefficient (Wildman–Crippen LogP) is 2.99. The zero-order valence-corrected chi connectivity index (χ0v) is 14.1. The van der Waals surface area contributed by atoms with E-state index < -0.39 is 10.0 Å². The van der Waals surface area contributed by atoms with Crippen molar-refractivity contribution in [3.05, 3.63) is 23.3 Å². The summed E-state index contributed by atoms with van der Waals surface area (Å²) in [7, 11) is -3.51. The number of sulfonamides is 1. The van der Waals surface area contributed by atoms with Crippen molar-refractivity contribution in [2.75, 3.05) is 5.73 Å². The van der Waals surface area contributed by atoms with E-state index in [9.17, 15) is 8.42 Å². The van der Waals surface area contributed by atoms with Crippen molar-refractivity contribution in [3.8, 4) is 0 Å². The summed E-state index contributed by atoms with van der Waals surface area (Å²) in [5.41, 5.74) is 7.98.